The van der Waals surface area contributed by atoms with Crippen LogP contribution in [-0.4, -0.2) is 9.38 Å². The first-order valence-electron chi connectivity index (χ1n) is 5.23. The molecule has 0 aliphatic rings. The van der Waals surface area contributed by atoms with Crippen molar-refractivity contribution >= 4 is 44.8 Å². The number of rotatable bonds is 1. The van der Waals surface area contributed by atoms with Crippen LogP contribution in [0.3, 0.4) is 0 Å². The summed E-state index contributed by atoms with van der Waals surface area (Å²) >= 11 is 15.5. The molecule has 0 saturated heterocycles. The summed E-state index contributed by atoms with van der Waals surface area (Å²) < 4.78 is 2.87. The lowest BCUT2D eigenvalue weighted by Gasteiger charge is -1.95. The number of halogens is 3. The summed E-state index contributed by atoms with van der Waals surface area (Å²) in [5.74, 6) is 0. The van der Waals surface area contributed by atoms with Gasteiger partial charge in [0.15, 0.2) is 5.65 Å². The van der Waals surface area contributed by atoms with Crippen LogP contribution in [0.2, 0.25) is 10.0 Å². The van der Waals surface area contributed by atoms with E-state index in [9.17, 15) is 0 Å². The minimum absolute atomic E-state index is 0.547. The number of pyridine rings is 1. The van der Waals surface area contributed by atoms with Gasteiger partial charge in [-0.05, 0) is 18.2 Å². The third-order valence-corrected chi connectivity index (χ3v) is 3.63. The molecule has 1 aromatic carbocycles. The Labute approximate surface area is 122 Å². The fourth-order valence-electron chi connectivity index (χ4n) is 1.78. The summed E-state index contributed by atoms with van der Waals surface area (Å²) in [4.78, 5) is 4.51. The smallest absolute Gasteiger partial charge is 0.156 e. The van der Waals surface area contributed by atoms with Crippen LogP contribution < -0.4 is 0 Å². The molecule has 0 N–H and O–H groups in total. The van der Waals surface area contributed by atoms with Crippen molar-refractivity contribution in [2.75, 3.05) is 0 Å². The molecule has 90 valence electrons. The molecule has 2 nitrogen and oxygen atoms in total. The van der Waals surface area contributed by atoms with Gasteiger partial charge >= 0.3 is 0 Å². The summed E-state index contributed by atoms with van der Waals surface area (Å²) in [7, 11) is 0. The zero-order valence-corrected chi connectivity index (χ0v) is 12.2. The molecule has 0 spiro atoms. The maximum atomic E-state index is 6.11. The van der Waals surface area contributed by atoms with Gasteiger partial charge in [-0.1, -0.05) is 51.3 Å². The van der Waals surface area contributed by atoms with Crippen molar-refractivity contribution in [1.82, 2.24) is 9.38 Å². The number of aromatic nitrogens is 2. The van der Waals surface area contributed by atoms with Gasteiger partial charge in [0, 0.05) is 22.4 Å². The first-order chi connectivity index (χ1) is 8.63. The van der Waals surface area contributed by atoms with Gasteiger partial charge < -0.3 is 4.40 Å². The molecule has 5 heteroatoms. The number of hydrogen-bond donors (Lipinski definition) is 0. The summed E-state index contributed by atoms with van der Waals surface area (Å²) in [5.41, 5.74) is 2.61. The number of imidazole rings is 1. The van der Waals surface area contributed by atoms with Crippen molar-refractivity contribution in [1.29, 1.82) is 0 Å². The fraction of sp³-hybridized carbons (Fsp3) is 0. The summed E-state index contributed by atoms with van der Waals surface area (Å²) in [6, 6.07) is 9.65. The van der Waals surface area contributed by atoms with Crippen LogP contribution in [0.25, 0.3) is 16.9 Å². The minimum Gasteiger partial charge on any atom is -0.304 e. The van der Waals surface area contributed by atoms with Crippen molar-refractivity contribution in [2.45, 2.75) is 0 Å². The van der Waals surface area contributed by atoms with E-state index in [1.165, 1.54) is 0 Å². The molecular weight excluding hydrogens is 335 g/mol. The Morgan fingerprint density at radius 2 is 1.78 bits per heavy atom. The molecule has 2 heterocycles. The maximum absolute atomic E-state index is 6.11. The van der Waals surface area contributed by atoms with E-state index in [2.05, 4.69) is 20.9 Å². The molecule has 0 saturated carbocycles. The molecule has 0 bridgehead atoms. The van der Waals surface area contributed by atoms with Gasteiger partial charge in [-0.2, -0.15) is 0 Å². The van der Waals surface area contributed by atoms with Crippen LogP contribution in [0.1, 0.15) is 0 Å². The van der Waals surface area contributed by atoms with Crippen LogP contribution in [0, 0.1) is 0 Å². The predicted molar refractivity (Wildman–Crippen MR) is 78.3 cm³/mol. The molecule has 0 aliphatic heterocycles. The highest BCUT2D eigenvalue weighted by molar-refractivity contribution is 9.10. The third-order valence-electron chi connectivity index (χ3n) is 2.61. The van der Waals surface area contributed by atoms with E-state index in [-0.39, 0.29) is 0 Å². The maximum Gasteiger partial charge on any atom is 0.156 e. The van der Waals surface area contributed by atoms with Gasteiger partial charge in [-0.25, -0.2) is 4.98 Å². The van der Waals surface area contributed by atoms with Crippen LogP contribution in [0.4, 0.5) is 0 Å². The fourth-order valence-corrected chi connectivity index (χ4v) is 2.58. The van der Waals surface area contributed by atoms with E-state index in [0.717, 1.165) is 15.7 Å². The largest absolute Gasteiger partial charge is 0.304 e. The molecule has 2 aromatic heterocycles. The van der Waals surface area contributed by atoms with Crippen LogP contribution in [-0.2, 0) is 0 Å². The van der Waals surface area contributed by atoms with Crippen LogP contribution in [0.5, 0.6) is 0 Å². The Morgan fingerprint density at radius 3 is 2.50 bits per heavy atom. The molecule has 18 heavy (non-hydrogen) atoms. The number of benzene rings is 1. The van der Waals surface area contributed by atoms with E-state index >= 15 is 0 Å². The normalized spacial score (nSPS) is 11.1. The lowest BCUT2D eigenvalue weighted by atomic mass is 10.2. The van der Waals surface area contributed by atoms with Crippen molar-refractivity contribution in [3.05, 3.63) is 57.2 Å². The summed E-state index contributed by atoms with van der Waals surface area (Å²) in [6.07, 6.45) is 3.70. The van der Waals surface area contributed by atoms with Crippen molar-refractivity contribution in [2.24, 2.45) is 0 Å². The molecule has 0 aliphatic carbocycles. The molecule has 0 amide bonds. The van der Waals surface area contributed by atoms with E-state index in [0.29, 0.717) is 15.7 Å². The van der Waals surface area contributed by atoms with E-state index in [4.69, 9.17) is 23.2 Å². The Balaban J connectivity index is 2.19. The zero-order valence-electron chi connectivity index (χ0n) is 9.07. The standard InChI is InChI=1S/C13H7BrCl2N2/c14-9-3-1-8(2-4-9)12-7-18-6-10(15)5-11(16)13(18)17-12/h1-7H. The number of hydrogen-bond acceptors (Lipinski definition) is 1. The Bertz CT molecular complexity index is 720. The topological polar surface area (TPSA) is 17.3 Å². The van der Waals surface area contributed by atoms with Crippen LogP contribution in [0.15, 0.2) is 47.2 Å². The molecule has 0 radical (unpaired) electrons. The molecule has 3 rings (SSSR count). The monoisotopic (exact) mass is 340 g/mol. The lowest BCUT2D eigenvalue weighted by molar-refractivity contribution is 1.19. The van der Waals surface area contributed by atoms with Gasteiger partial charge in [-0.15, -0.1) is 0 Å². The van der Waals surface area contributed by atoms with Gasteiger partial charge in [0.25, 0.3) is 0 Å². The highest BCUT2D eigenvalue weighted by Crippen LogP contribution is 2.26. The summed E-state index contributed by atoms with van der Waals surface area (Å²) in [5, 5.41) is 1.14. The van der Waals surface area contributed by atoms with Gasteiger partial charge in [0.2, 0.25) is 0 Å². The van der Waals surface area contributed by atoms with E-state index in [1.54, 1.807) is 12.3 Å². The van der Waals surface area contributed by atoms with Crippen molar-refractivity contribution in [3.8, 4) is 11.3 Å². The van der Waals surface area contributed by atoms with Crippen molar-refractivity contribution < 1.29 is 0 Å². The minimum atomic E-state index is 0.547. The Kier molecular flexibility index (Phi) is 3.06. The average Bonchev–Trinajstić information content (AvgIpc) is 2.74. The molecule has 0 unspecified atom stereocenters. The molecular formula is C13H7BrCl2N2. The summed E-state index contributed by atoms with van der Waals surface area (Å²) in [6.45, 7) is 0. The highest BCUT2D eigenvalue weighted by Gasteiger charge is 2.08. The first kappa shape index (κ1) is 12.0. The van der Waals surface area contributed by atoms with Gasteiger partial charge in [0.1, 0.15) is 0 Å². The zero-order chi connectivity index (χ0) is 12.7. The second-order valence-corrected chi connectivity index (χ2v) is 5.63. The second kappa shape index (κ2) is 4.57. The highest BCUT2D eigenvalue weighted by atomic mass is 79.9. The lowest BCUT2D eigenvalue weighted by Crippen LogP contribution is -1.82. The predicted octanol–water partition coefficient (Wildman–Crippen LogP) is 5.07. The second-order valence-electron chi connectivity index (χ2n) is 3.87. The molecule has 3 aromatic rings. The third kappa shape index (κ3) is 2.14. The number of fused-ring (bicyclic) bond motifs is 1. The Morgan fingerprint density at radius 1 is 1.06 bits per heavy atom. The van der Waals surface area contributed by atoms with Gasteiger partial charge in [-0.3, -0.25) is 0 Å². The van der Waals surface area contributed by atoms with Gasteiger partial charge in [0.05, 0.1) is 15.7 Å². The van der Waals surface area contributed by atoms with Crippen LogP contribution >= 0.6 is 39.1 Å². The average molecular weight is 342 g/mol. The van der Waals surface area contributed by atoms with Crippen molar-refractivity contribution in [3.63, 3.8) is 0 Å². The quantitative estimate of drug-likeness (QED) is 0.604. The Hall–Kier alpha value is -1.03. The first-order valence-corrected chi connectivity index (χ1v) is 6.78. The van der Waals surface area contributed by atoms with E-state index < -0.39 is 0 Å². The molecule has 0 atom stereocenters. The number of nitrogens with zero attached hydrogens (tertiary/aromatic N) is 2. The molecule has 0 fully saturated rings. The van der Waals surface area contributed by atoms with E-state index in [1.807, 2.05) is 34.9 Å². The SMILES string of the molecule is Clc1cc(Cl)c2nc(-c3ccc(Br)cc3)cn2c1.